The molecule has 0 unspecified atom stereocenters. The van der Waals surface area contributed by atoms with Crippen molar-refractivity contribution in [2.45, 2.75) is 6.18 Å². The topological polar surface area (TPSA) is 121 Å². The molecule has 0 aliphatic carbocycles. The van der Waals surface area contributed by atoms with Gasteiger partial charge >= 0.3 is 6.18 Å². The third-order valence-electron chi connectivity index (χ3n) is 2.26. The Hall–Kier alpha value is -2.49. The summed E-state index contributed by atoms with van der Waals surface area (Å²) in [5.41, 5.74) is 14.6. The van der Waals surface area contributed by atoms with Crippen molar-refractivity contribution in [3.05, 3.63) is 23.8 Å². The maximum absolute atomic E-state index is 12.9. The standard InChI is InChI=1S/C12H16F3N5O2/c1-21-2-3-22-9-5-7(12(13,14)15)4-8(6-9)19-11(18)20-10(16)17/h4-6H,2-3H2,1H3,(H6,16,17,18,19,20). The molecule has 0 saturated heterocycles. The number of guanidine groups is 2. The molecule has 10 heteroatoms. The largest absolute Gasteiger partial charge is 0.491 e. The van der Waals surface area contributed by atoms with Gasteiger partial charge < -0.3 is 26.7 Å². The average Bonchev–Trinajstić information content (AvgIpc) is 2.36. The molecule has 1 rings (SSSR count). The Morgan fingerprint density at radius 1 is 1.14 bits per heavy atom. The van der Waals surface area contributed by atoms with Gasteiger partial charge in [-0.1, -0.05) is 0 Å². The van der Waals surface area contributed by atoms with Gasteiger partial charge in [0.15, 0.2) is 5.96 Å². The van der Waals surface area contributed by atoms with Crippen LogP contribution in [0.5, 0.6) is 5.75 Å². The van der Waals surface area contributed by atoms with E-state index in [0.29, 0.717) is 0 Å². The third kappa shape index (κ3) is 5.87. The molecule has 1 aromatic carbocycles. The molecule has 0 heterocycles. The number of hydrogen-bond acceptors (Lipinski definition) is 3. The minimum absolute atomic E-state index is 0.0249. The lowest BCUT2D eigenvalue weighted by molar-refractivity contribution is -0.137. The molecular formula is C12H16F3N5O2. The number of benzene rings is 1. The molecule has 0 saturated carbocycles. The Morgan fingerprint density at radius 3 is 2.36 bits per heavy atom. The van der Waals surface area contributed by atoms with E-state index in [-0.39, 0.29) is 36.6 Å². The van der Waals surface area contributed by atoms with E-state index in [1.54, 1.807) is 0 Å². The van der Waals surface area contributed by atoms with E-state index in [1.165, 1.54) is 13.2 Å². The lowest BCUT2D eigenvalue weighted by atomic mass is 10.2. The van der Waals surface area contributed by atoms with Gasteiger partial charge in [0.2, 0.25) is 5.96 Å². The van der Waals surface area contributed by atoms with Crippen molar-refractivity contribution in [2.75, 3.05) is 20.3 Å². The van der Waals surface area contributed by atoms with Gasteiger partial charge in [0.05, 0.1) is 17.9 Å². The quantitative estimate of drug-likeness (QED) is 0.424. The second kappa shape index (κ2) is 7.50. The van der Waals surface area contributed by atoms with Crippen LogP contribution in [0.1, 0.15) is 5.56 Å². The van der Waals surface area contributed by atoms with Crippen LogP contribution in [0.15, 0.2) is 28.2 Å². The van der Waals surface area contributed by atoms with Crippen LogP contribution in [0.25, 0.3) is 0 Å². The molecule has 1 aromatic rings. The number of methoxy groups -OCH3 is 1. The number of nitrogens with zero attached hydrogens (tertiary/aromatic N) is 2. The molecule has 0 aliphatic rings. The number of hydrogen-bond donors (Lipinski definition) is 3. The summed E-state index contributed by atoms with van der Waals surface area (Å²) in [5, 5.41) is 0. The van der Waals surface area contributed by atoms with Gasteiger partial charge in [0.25, 0.3) is 0 Å². The predicted molar refractivity (Wildman–Crippen MR) is 75.9 cm³/mol. The molecule has 6 N–H and O–H groups in total. The summed E-state index contributed by atoms with van der Waals surface area (Å²) in [6.07, 6.45) is -4.56. The number of rotatable bonds is 5. The number of ether oxygens (including phenoxy) is 2. The monoisotopic (exact) mass is 319 g/mol. The van der Waals surface area contributed by atoms with Crippen LogP contribution in [0.2, 0.25) is 0 Å². The summed E-state index contributed by atoms with van der Waals surface area (Å²) >= 11 is 0. The molecule has 0 atom stereocenters. The zero-order valence-corrected chi connectivity index (χ0v) is 11.7. The maximum atomic E-state index is 12.9. The lowest BCUT2D eigenvalue weighted by Gasteiger charge is -2.11. The Morgan fingerprint density at radius 2 is 1.82 bits per heavy atom. The van der Waals surface area contributed by atoms with E-state index in [4.69, 9.17) is 26.7 Å². The summed E-state index contributed by atoms with van der Waals surface area (Å²) in [4.78, 5) is 7.13. The van der Waals surface area contributed by atoms with Crippen molar-refractivity contribution in [2.24, 2.45) is 27.2 Å². The summed E-state index contributed by atoms with van der Waals surface area (Å²) in [6, 6.07) is 2.93. The average molecular weight is 319 g/mol. The van der Waals surface area contributed by atoms with Crippen LogP contribution in [0.4, 0.5) is 18.9 Å². The fourth-order valence-electron chi connectivity index (χ4n) is 1.43. The van der Waals surface area contributed by atoms with E-state index >= 15 is 0 Å². The van der Waals surface area contributed by atoms with Crippen molar-refractivity contribution >= 4 is 17.6 Å². The molecule has 0 radical (unpaired) electrons. The van der Waals surface area contributed by atoms with Crippen LogP contribution in [0.3, 0.4) is 0 Å². The van der Waals surface area contributed by atoms with E-state index < -0.39 is 11.7 Å². The van der Waals surface area contributed by atoms with Gasteiger partial charge in [-0.25, -0.2) is 4.99 Å². The minimum Gasteiger partial charge on any atom is -0.491 e. The van der Waals surface area contributed by atoms with E-state index in [9.17, 15) is 13.2 Å². The molecule has 0 spiro atoms. The molecule has 22 heavy (non-hydrogen) atoms. The zero-order chi connectivity index (χ0) is 16.8. The van der Waals surface area contributed by atoms with Crippen molar-refractivity contribution in [1.82, 2.24) is 0 Å². The van der Waals surface area contributed by atoms with E-state index in [2.05, 4.69) is 9.98 Å². The summed E-state index contributed by atoms with van der Waals surface area (Å²) in [5.74, 6) is -0.755. The van der Waals surface area contributed by atoms with Gasteiger partial charge in [0, 0.05) is 13.2 Å². The number of nitrogens with two attached hydrogens (primary N) is 3. The van der Waals surface area contributed by atoms with E-state index in [0.717, 1.165) is 12.1 Å². The van der Waals surface area contributed by atoms with Crippen molar-refractivity contribution in [1.29, 1.82) is 0 Å². The minimum atomic E-state index is -4.56. The number of alkyl halides is 3. The van der Waals surface area contributed by atoms with Crippen LogP contribution in [-0.4, -0.2) is 32.2 Å². The Kier molecular flexibility index (Phi) is 5.99. The molecular weight excluding hydrogens is 303 g/mol. The first kappa shape index (κ1) is 17.6. The summed E-state index contributed by atoms with van der Waals surface area (Å²) in [7, 11) is 1.45. The highest BCUT2D eigenvalue weighted by molar-refractivity contribution is 5.93. The Labute approximate surface area is 124 Å². The second-order valence-electron chi connectivity index (χ2n) is 4.06. The molecule has 7 nitrogen and oxygen atoms in total. The highest BCUT2D eigenvalue weighted by Gasteiger charge is 2.31. The normalized spacial score (nSPS) is 12.1. The molecule has 0 aromatic heterocycles. The molecule has 122 valence electrons. The smallest absolute Gasteiger partial charge is 0.416 e. The lowest BCUT2D eigenvalue weighted by Crippen LogP contribution is -2.26. The third-order valence-corrected chi connectivity index (χ3v) is 2.26. The van der Waals surface area contributed by atoms with E-state index in [1.807, 2.05) is 0 Å². The number of halogens is 3. The Balaban J connectivity index is 3.15. The Bertz CT molecular complexity index is 568. The first-order chi connectivity index (χ1) is 10.2. The first-order valence-corrected chi connectivity index (χ1v) is 6.00. The zero-order valence-electron chi connectivity index (χ0n) is 11.7. The SMILES string of the molecule is COCCOc1cc(N=C(N)N=C(N)N)cc(C(F)(F)F)c1. The van der Waals surface area contributed by atoms with Gasteiger partial charge in [-0.2, -0.15) is 18.2 Å². The fourth-order valence-corrected chi connectivity index (χ4v) is 1.43. The van der Waals surface area contributed by atoms with Crippen molar-refractivity contribution < 1.29 is 22.6 Å². The van der Waals surface area contributed by atoms with Gasteiger partial charge in [-0.15, -0.1) is 0 Å². The predicted octanol–water partition coefficient (Wildman–Crippen LogP) is 0.950. The van der Waals surface area contributed by atoms with Crippen molar-refractivity contribution in [3.8, 4) is 5.75 Å². The van der Waals surface area contributed by atoms with Crippen LogP contribution >= 0.6 is 0 Å². The molecule has 0 amide bonds. The van der Waals surface area contributed by atoms with Crippen molar-refractivity contribution in [3.63, 3.8) is 0 Å². The van der Waals surface area contributed by atoms with Crippen LogP contribution in [0, 0.1) is 0 Å². The first-order valence-electron chi connectivity index (χ1n) is 6.00. The summed E-state index contributed by atoms with van der Waals surface area (Å²) in [6.45, 7) is 0.315. The van der Waals surface area contributed by atoms with Gasteiger partial charge in [0.1, 0.15) is 12.4 Å². The maximum Gasteiger partial charge on any atom is 0.416 e. The fraction of sp³-hybridized carbons (Fsp3) is 0.333. The van der Waals surface area contributed by atoms with Crippen LogP contribution in [-0.2, 0) is 10.9 Å². The number of aliphatic imine (C=N–C) groups is 2. The van der Waals surface area contributed by atoms with Crippen LogP contribution < -0.4 is 21.9 Å². The highest BCUT2D eigenvalue weighted by atomic mass is 19.4. The summed E-state index contributed by atoms with van der Waals surface area (Å²) < 4.78 is 48.5. The second-order valence-corrected chi connectivity index (χ2v) is 4.06. The molecule has 0 fully saturated rings. The van der Waals surface area contributed by atoms with Gasteiger partial charge in [-0.05, 0) is 12.1 Å². The highest BCUT2D eigenvalue weighted by Crippen LogP contribution is 2.35. The van der Waals surface area contributed by atoms with Gasteiger partial charge in [-0.3, -0.25) is 0 Å². The molecule has 0 bridgehead atoms. The molecule has 0 aliphatic heterocycles.